The molecule has 0 spiro atoms. The van der Waals surface area contributed by atoms with Crippen molar-refractivity contribution in [2.24, 2.45) is 0 Å². The summed E-state index contributed by atoms with van der Waals surface area (Å²) in [6.07, 6.45) is 0. The number of halogens is 2. The SMILES string of the molecule is Cc1cc(C)nc(SCc2cccc(F)c2Br)n1. The average molecular weight is 327 g/mol. The van der Waals surface area contributed by atoms with Crippen LogP contribution in [0.2, 0.25) is 0 Å². The largest absolute Gasteiger partial charge is 0.228 e. The van der Waals surface area contributed by atoms with Crippen molar-refractivity contribution < 1.29 is 4.39 Å². The maximum absolute atomic E-state index is 13.3. The van der Waals surface area contributed by atoms with Crippen LogP contribution in [0.5, 0.6) is 0 Å². The van der Waals surface area contributed by atoms with E-state index in [-0.39, 0.29) is 5.82 Å². The van der Waals surface area contributed by atoms with Gasteiger partial charge in [0.25, 0.3) is 0 Å². The van der Waals surface area contributed by atoms with Gasteiger partial charge in [0.1, 0.15) is 5.82 Å². The molecular weight excluding hydrogens is 315 g/mol. The number of aromatic nitrogens is 2. The molecule has 0 N–H and O–H groups in total. The van der Waals surface area contributed by atoms with E-state index < -0.39 is 0 Å². The first-order valence-electron chi connectivity index (χ1n) is 5.44. The predicted octanol–water partition coefficient (Wildman–Crippen LogP) is 4.29. The summed E-state index contributed by atoms with van der Waals surface area (Å²) in [5.74, 6) is 0.399. The lowest BCUT2D eigenvalue weighted by molar-refractivity contribution is 0.619. The zero-order valence-electron chi connectivity index (χ0n) is 10.1. The molecule has 1 aromatic heterocycles. The number of aryl methyl sites for hydroxylation is 2. The van der Waals surface area contributed by atoms with Gasteiger partial charge < -0.3 is 0 Å². The van der Waals surface area contributed by atoms with E-state index >= 15 is 0 Å². The lowest BCUT2D eigenvalue weighted by Gasteiger charge is -2.05. The second kappa shape index (κ2) is 5.80. The molecule has 0 aliphatic rings. The van der Waals surface area contributed by atoms with E-state index in [2.05, 4.69) is 25.9 Å². The average Bonchev–Trinajstić information content (AvgIpc) is 2.30. The van der Waals surface area contributed by atoms with Gasteiger partial charge in [-0.25, -0.2) is 14.4 Å². The third-order valence-electron chi connectivity index (χ3n) is 2.35. The van der Waals surface area contributed by atoms with Gasteiger partial charge in [0, 0.05) is 17.1 Å². The molecule has 94 valence electrons. The van der Waals surface area contributed by atoms with E-state index in [1.807, 2.05) is 26.0 Å². The fraction of sp³-hybridized carbons (Fsp3) is 0.231. The Bertz CT molecular complexity index is 555. The van der Waals surface area contributed by atoms with Crippen LogP contribution in [0, 0.1) is 19.7 Å². The van der Waals surface area contributed by atoms with Crippen molar-refractivity contribution in [3.05, 3.63) is 51.5 Å². The van der Waals surface area contributed by atoms with Crippen molar-refractivity contribution in [2.75, 3.05) is 0 Å². The molecule has 0 saturated carbocycles. The Kier molecular flexibility index (Phi) is 4.35. The normalized spacial score (nSPS) is 10.7. The molecule has 2 aromatic rings. The molecular formula is C13H12BrFN2S. The van der Waals surface area contributed by atoms with Gasteiger partial charge in [-0.1, -0.05) is 23.9 Å². The number of rotatable bonds is 3. The number of benzene rings is 1. The van der Waals surface area contributed by atoms with Crippen molar-refractivity contribution >= 4 is 27.7 Å². The highest BCUT2D eigenvalue weighted by Crippen LogP contribution is 2.27. The number of hydrogen-bond acceptors (Lipinski definition) is 3. The number of thioether (sulfide) groups is 1. The van der Waals surface area contributed by atoms with Gasteiger partial charge >= 0.3 is 0 Å². The van der Waals surface area contributed by atoms with Crippen LogP contribution in [0.25, 0.3) is 0 Å². The topological polar surface area (TPSA) is 25.8 Å². The molecule has 0 saturated heterocycles. The first kappa shape index (κ1) is 13.5. The zero-order valence-corrected chi connectivity index (χ0v) is 12.5. The van der Waals surface area contributed by atoms with Crippen molar-refractivity contribution in [3.8, 4) is 0 Å². The van der Waals surface area contributed by atoms with E-state index in [1.165, 1.54) is 17.8 Å². The molecule has 0 radical (unpaired) electrons. The Morgan fingerprint density at radius 1 is 1.22 bits per heavy atom. The standard InChI is InChI=1S/C13H12BrFN2S/c1-8-6-9(2)17-13(16-8)18-7-10-4-3-5-11(15)12(10)14/h3-6H,7H2,1-2H3. The summed E-state index contributed by atoms with van der Waals surface area (Å²) < 4.78 is 13.9. The van der Waals surface area contributed by atoms with Crippen molar-refractivity contribution in [1.82, 2.24) is 9.97 Å². The molecule has 18 heavy (non-hydrogen) atoms. The minimum atomic E-state index is -0.241. The molecule has 0 bridgehead atoms. The lowest BCUT2D eigenvalue weighted by atomic mass is 10.2. The Morgan fingerprint density at radius 3 is 2.56 bits per heavy atom. The molecule has 0 aliphatic carbocycles. The first-order chi connectivity index (χ1) is 8.56. The molecule has 1 aromatic carbocycles. The third kappa shape index (κ3) is 3.29. The first-order valence-corrected chi connectivity index (χ1v) is 7.22. The second-order valence-electron chi connectivity index (χ2n) is 3.93. The number of hydrogen-bond donors (Lipinski definition) is 0. The Labute approximate surface area is 118 Å². The van der Waals surface area contributed by atoms with Crippen LogP contribution >= 0.6 is 27.7 Å². The fourth-order valence-electron chi connectivity index (χ4n) is 1.56. The molecule has 0 amide bonds. The van der Waals surface area contributed by atoms with Crippen LogP contribution in [0.4, 0.5) is 4.39 Å². The minimum Gasteiger partial charge on any atom is -0.228 e. The molecule has 0 unspecified atom stereocenters. The summed E-state index contributed by atoms with van der Waals surface area (Å²) in [6.45, 7) is 3.88. The van der Waals surface area contributed by atoms with Gasteiger partial charge in [-0.2, -0.15) is 0 Å². The molecule has 0 fully saturated rings. The van der Waals surface area contributed by atoms with Gasteiger partial charge in [0.2, 0.25) is 0 Å². The summed E-state index contributed by atoms with van der Waals surface area (Å²) in [5.41, 5.74) is 2.80. The van der Waals surface area contributed by atoms with Crippen LogP contribution in [0.3, 0.4) is 0 Å². The van der Waals surface area contributed by atoms with Crippen LogP contribution in [-0.2, 0) is 5.75 Å². The van der Waals surface area contributed by atoms with Gasteiger partial charge in [0.15, 0.2) is 5.16 Å². The van der Waals surface area contributed by atoms with Crippen molar-refractivity contribution in [2.45, 2.75) is 24.8 Å². The second-order valence-corrected chi connectivity index (χ2v) is 5.67. The summed E-state index contributed by atoms with van der Waals surface area (Å²) in [7, 11) is 0. The molecule has 2 rings (SSSR count). The van der Waals surface area contributed by atoms with Crippen LogP contribution in [0.1, 0.15) is 17.0 Å². The van der Waals surface area contributed by atoms with Crippen LogP contribution in [-0.4, -0.2) is 9.97 Å². The Hall–Kier alpha value is -0.940. The highest BCUT2D eigenvalue weighted by Gasteiger charge is 2.07. The van der Waals surface area contributed by atoms with E-state index in [4.69, 9.17) is 0 Å². The summed E-state index contributed by atoms with van der Waals surface area (Å²) in [5, 5.41) is 0.726. The smallest absolute Gasteiger partial charge is 0.188 e. The summed E-state index contributed by atoms with van der Waals surface area (Å²) in [6, 6.07) is 6.97. The quantitative estimate of drug-likeness (QED) is 0.621. The maximum atomic E-state index is 13.3. The highest BCUT2D eigenvalue weighted by atomic mass is 79.9. The van der Waals surface area contributed by atoms with E-state index in [9.17, 15) is 4.39 Å². The van der Waals surface area contributed by atoms with Crippen LogP contribution in [0.15, 0.2) is 33.9 Å². The molecule has 0 aliphatic heterocycles. The third-order valence-corrected chi connectivity index (χ3v) is 4.13. The Morgan fingerprint density at radius 2 is 1.89 bits per heavy atom. The maximum Gasteiger partial charge on any atom is 0.188 e. The molecule has 5 heteroatoms. The predicted molar refractivity (Wildman–Crippen MR) is 75.2 cm³/mol. The summed E-state index contributed by atoms with van der Waals surface area (Å²) in [4.78, 5) is 8.69. The van der Waals surface area contributed by atoms with Crippen molar-refractivity contribution in [3.63, 3.8) is 0 Å². The number of nitrogens with zero attached hydrogens (tertiary/aromatic N) is 2. The van der Waals surface area contributed by atoms with Gasteiger partial charge in [0.05, 0.1) is 4.47 Å². The van der Waals surface area contributed by atoms with E-state index in [1.54, 1.807) is 6.07 Å². The monoisotopic (exact) mass is 326 g/mol. The van der Waals surface area contributed by atoms with Gasteiger partial charge in [-0.3, -0.25) is 0 Å². The van der Waals surface area contributed by atoms with Gasteiger partial charge in [-0.05, 0) is 47.5 Å². The van der Waals surface area contributed by atoms with Crippen molar-refractivity contribution in [1.29, 1.82) is 0 Å². The molecule has 0 atom stereocenters. The minimum absolute atomic E-state index is 0.241. The van der Waals surface area contributed by atoms with Gasteiger partial charge in [-0.15, -0.1) is 0 Å². The fourth-order valence-corrected chi connectivity index (χ4v) is 3.09. The summed E-state index contributed by atoms with van der Waals surface area (Å²) >= 11 is 4.76. The molecule has 2 nitrogen and oxygen atoms in total. The zero-order chi connectivity index (χ0) is 13.1. The lowest BCUT2D eigenvalue weighted by Crippen LogP contribution is -1.94. The molecule has 1 heterocycles. The Balaban J connectivity index is 2.14. The van der Waals surface area contributed by atoms with E-state index in [0.717, 1.165) is 22.1 Å². The highest BCUT2D eigenvalue weighted by molar-refractivity contribution is 9.10. The van der Waals surface area contributed by atoms with E-state index in [0.29, 0.717) is 10.2 Å². The van der Waals surface area contributed by atoms with Crippen LogP contribution < -0.4 is 0 Å².